The van der Waals surface area contributed by atoms with Gasteiger partial charge in [0.15, 0.2) is 0 Å². The fourth-order valence-corrected chi connectivity index (χ4v) is 2.70. The average Bonchev–Trinajstić information content (AvgIpc) is 3.00. The highest BCUT2D eigenvalue weighted by atomic mass is 35.5. The van der Waals surface area contributed by atoms with Crippen LogP contribution in [0, 0.1) is 5.82 Å². The number of halogens is 3. The van der Waals surface area contributed by atoms with Crippen LogP contribution in [0.25, 0.3) is 0 Å². The molecule has 0 radical (unpaired) electrons. The molecule has 2 aromatic carbocycles. The van der Waals surface area contributed by atoms with Crippen LogP contribution in [0.4, 0.5) is 10.1 Å². The van der Waals surface area contributed by atoms with Gasteiger partial charge in [-0.25, -0.2) is 4.39 Å². The van der Waals surface area contributed by atoms with Crippen LogP contribution in [0.15, 0.2) is 41.6 Å². The summed E-state index contributed by atoms with van der Waals surface area (Å²) >= 11 is 11.8. The third-order valence-electron chi connectivity index (χ3n) is 3.43. The molecule has 2 aromatic rings. The van der Waals surface area contributed by atoms with Crippen LogP contribution in [-0.4, -0.2) is 22.8 Å². The maximum absolute atomic E-state index is 13.9. The van der Waals surface area contributed by atoms with Crippen molar-refractivity contribution in [1.29, 1.82) is 0 Å². The van der Waals surface area contributed by atoms with Gasteiger partial charge in [-0.05, 0) is 30.3 Å². The minimum Gasteiger partial charge on any atom is -0.506 e. The summed E-state index contributed by atoms with van der Waals surface area (Å²) in [6.45, 7) is 0. The van der Waals surface area contributed by atoms with Gasteiger partial charge in [-0.2, -0.15) is 0 Å². The van der Waals surface area contributed by atoms with Crippen LogP contribution >= 0.6 is 23.2 Å². The lowest BCUT2D eigenvalue weighted by Crippen LogP contribution is -2.28. The molecule has 8 heteroatoms. The SMILES string of the molecule is O=C(Nc1cc(Cl)ccc1O)[C@H]1CC(c2c(F)cccc2Cl)=NO1. The Kier molecular flexibility index (Phi) is 4.59. The summed E-state index contributed by atoms with van der Waals surface area (Å²) in [7, 11) is 0. The first kappa shape index (κ1) is 16.5. The fourth-order valence-electron chi connectivity index (χ4n) is 2.26. The molecular weight excluding hydrogens is 358 g/mol. The monoisotopic (exact) mass is 368 g/mol. The number of hydrogen-bond acceptors (Lipinski definition) is 4. The Morgan fingerprint density at radius 1 is 1.33 bits per heavy atom. The zero-order valence-corrected chi connectivity index (χ0v) is 13.6. The second-order valence-corrected chi connectivity index (χ2v) is 5.93. The quantitative estimate of drug-likeness (QED) is 0.805. The lowest BCUT2D eigenvalue weighted by atomic mass is 10.0. The summed E-state index contributed by atoms with van der Waals surface area (Å²) < 4.78 is 13.9. The molecule has 0 saturated carbocycles. The van der Waals surface area contributed by atoms with Gasteiger partial charge < -0.3 is 15.3 Å². The second-order valence-electron chi connectivity index (χ2n) is 5.08. The van der Waals surface area contributed by atoms with Crippen LogP contribution < -0.4 is 5.32 Å². The number of oxime groups is 1. The smallest absolute Gasteiger partial charge is 0.268 e. The van der Waals surface area contributed by atoms with Gasteiger partial charge in [-0.15, -0.1) is 0 Å². The maximum atomic E-state index is 13.9. The molecule has 1 heterocycles. The number of carbonyl (C=O) groups excluding carboxylic acids is 1. The predicted octanol–water partition coefficient (Wildman–Crippen LogP) is 3.97. The molecule has 124 valence electrons. The van der Waals surface area contributed by atoms with Crippen molar-refractivity contribution >= 4 is 40.5 Å². The van der Waals surface area contributed by atoms with E-state index >= 15 is 0 Å². The van der Waals surface area contributed by atoms with Gasteiger partial charge in [-0.1, -0.05) is 34.4 Å². The number of amides is 1. The molecule has 1 atom stereocenters. The normalized spacial score (nSPS) is 16.5. The number of hydrogen-bond donors (Lipinski definition) is 2. The standard InChI is InChI=1S/C16H11Cl2FN2O3/c17-8-4-5-13(22)11(6-8)20-16(23)14-7-12(21-24-14)15-9(18)2-1-3-10(15)19/h1-6,14,22H,7H2,(H,20,23)/t14-/m1/s1. The molecule has 0 saturated heterocycles. The minimum atomic E-state index is -0.964. The van der Waals surface area contributed by atoms with Gasteiger partial charge in [0.25, 0.3) is 5.91 Å². The lowest BCUT2D eigenvalue weighted by Gasteiger charge is -2.11. The highest BCUT2D eigenvalue weighted by Gasteiger charge is 2.31. The number of nitrogens with zero attached hydrogens (tertiary/aromatic N) is 1. The van der Waals surface area contributed by atoms with Gasteiger partial charge in [-0.3, -0.25) is 4.79 Å². The van der Waals surface area contributed by atoms with Crippen molar-refractivity contribution in [3.63, 3.8) is 0 Å². The summed E-state index contributed by atoms with van der Waals surface area (Å²) in [5.41, 5.74) is 0.502. The Labute approximate surface area is 146 Å². The zero-order chi connectivity index (χ0) is 17.3. The number of rotatable bonds is 3. The molecule has 1 aliphatic rings. The highest BCUT2D eigenvalue weighted by molar-refractivity contribution is 6.34. The molecule has 0 fully saturated rings. The van der Waals surface area contributed by atoms with Crippen molar-refractivity contribution in [2.24, 2.45) is 5.16 Å². The Morgan fingerprint density at radius 3 is 2.88 bits per heavy atom. The Bertz CT molecular complexity index is 822. The van der Waals surface area contributed by atoms with Crippen LogP contribution in [0.3, 0.4) is 0 Å². The zero-order valence-electron chi connectivity index (χ0n) is 12.1. The maximum Gasteiger partial charge on any atom is 0.268 e. The van der Waals surface area contributed by atoms with Gasteiger partial charge in [0.1, 0.15) is 11.6 Å². The molecule has 1 aliphatic heterocycles. The summed E-state index contributed by atoms with van der Waals surface area (Å²) in [6.07, 6.45) is -0.914. The van der Waals surface area contributed by atoms with Gasteiger partial charge in [0, 0.05) is 11.4 Å². The third kappa shape index (κ3) is 3.29. The van der Waals surface area contributed by atoms with E-state index in [1.807, 2.05) is 0 Å². The summed E-state index contributed by atoms with van der Waals surface area (Å²) in [5, 5.41) is 16.5. The van der Waals surface area contributed by atoms with Crippen molar-refractivity contribution in [3.05, 3.63) is 57.8 Å². The highest BCUT2D eigenvalue weighted by Crippen LogP contribution is 2.29. The van der Waals surface area contributed by atoms with E-state index in [0.717, 1.165) is 0 Å². The molecule has 5 nitrogen and oxygen atoms in total. The molecule has 0 aromatic heterocycles. The number of nitrogens with one attached hydrogen (secondary N) is 1. The van der Waals surface area contributed by atoms with Crippen LogP contribution in [0.2, 0.25) is 10.0 Å². The Morgan fingerprint density at radius 2 is 2.12 bits per heavy atom. The number of phenolic OH excluding ortho intramolecular Hbond substituents is 1. The molecule has 1 amide bonds. The number of phenols is 1. The largest absolute Gasteiger partial charge is 0.506 e. The molecule has 0 spiro atoms. The van der Waals surface area contributed by atoms with Gasteiger partial charge >= 0.3 is 0 Å². The van der Waals surface area contributed by atoms with E-state index in [4.69, 9.17) is 28.0 Å². The van der Waals surface area contributed by atoms with Crippen LogP contribution in [0.1, 0.15) is 12.0 Å². The van der Waals surface area contributed by atoms with Crippen LogP contribution in [-0.2, 0) is 9.63 Å². The summed E-state index contributed by atoms with van der Waals surface area (Å²) in [4.78, 5) is 17.3. The molecule has 0 bridgehead atoms. The minimum absolute atomic E-state index is 0.0494. The second kappa shape index (κ2) is 6.67. The number of anilines is 1. The fraction of sp³-hybridized carbons (Fsp3) is 0.125. The summed E-state index contributed by atoms with van der Waals surface area (Å²) in [5.74, 6) is -1.22. The number of benzene rings is 2. The first-order chi connectivity index (χ1) is 11.5. The topological polar surface area (TPSA) is 70.9 Å². The summed E-state index contributed by atoms with van der Waals surface area (Å²) in [6, 6.07) is 8.50. The van der Waals surface area contributed by atoms with E-state index in [1.165, 1.54) is 36.4 Å². The average molecular weight is 369 g/mol. The van der Waals surface area contributed by atoms with E-state index in [0.29, 0.717) is 5.02 Å². The van der Waals surface area contributed by atoms with Crippen molar-refractivity contribution in [2.45, 2.75) is 12.5 Å². The van der Waals surface area contributed by atoms with Crippen molar-refractivity contribution in [3.8, 4) is 5.75 Å². The molecule has 2 N–H and O–H groups in total. The Balaban J connectivity index is 1.73. The lowest BCUT2D eigenvalue weighted by molar-refractivity contribution is -0.125. The third-order valence-corrected chi connectivity index (χ3v) is 3.98. The van der Waals surface area contributed by atoms with E-state index in [-0.39, 0.29) is 34.2 Å². The first-order valence-electron chi connectivity index (χ1n) is 6.92. The number of carbonyl (C=O) groups is 1. The van der Waals surface area contributed by atoms with E-state index in [2.05, 4.69) is 10.5 Å². The van der Waals surface area contributed by atoms with Gasteiger partial charge in [0.2, 0.25) is 6.10 Å². The molecule has 0 aliphatic carbocycles. The van der Waals surface area contributed by atoms with Crippen LogP contribution in [0.5, 0.6) is 5.75 Å². The van der Waals surface area contributed by atoms with Crippen molar-refractivity contribution in [2.75, 3.05) is 5.32 Å². The van der Waals surface area contributed by atoms with E-state index in [9.17, 15) is 14.3 Å². The predicted molar refractivity (Wildman–Crippen MR) is 89.2 cm³/mol. The number of aromatic hydroxyl groups is 1. The van der Waals surface area contributed by atoms with E-state index < -0.39 is 17.8 Å². The molecule has 24 heavy (non-hydrogen) atoms. The van der Waals surface area contributed by atoms with Gasteiger partial charge in [0.05, 0.1) is 22.0 Å². The van der Waals surface area contributed by atoms with E-state index in [1.54, 1.807) is 0 Å². The first-order valence-corrected chi connectivity index (χ1v) is 7.68. The molecule has 0 unspecified atom stereocenters. The Hall–Kier alpha value is -2.31. The molecular formula is C16H11Cl2FN2O3. The van der Waals surface area contributed by atoms with Crippen molar-refractivity contribution in [1.82, 2.24) is 0 Å². The van der Waals surface area contributed by atoms with Crippen molar-refractivity contribution < 1.29 is 19.1 Å². The molecule has 3 rings (SSSR count).